The molecule has 0 aromatic carbocycles. The Bertz CT molecular complexity index is 386. The Balaban J connectivity index is 2.56. The molecule has 0 aliphatic carbocycles. The molecule has 0 aliphatic heterocycles. The molecule has 1 aromatic heterocycles. The van der Waals surface area contributed by atoms with Crippen molar-refractivity contribution in [2.75, 3.05) is 0 Å². The van der Waals surface area contributed by atoms with E-state index in [-0.39, 0.29) is 0 Å². The normalized spacial score (nSPS) is 10.8. The molecule has 0 bridgehead atoms. The van der Waals surface area contributed by atoms with Crippen LogP contribution in [0.4, 0.5) is 0 Å². The van der Waals surface area contributed by atoms with Crippen LogP contribution in [0.1, 0.15) is 19.4 Å². The standard InChI is InChI=1S/C14H17NO/c1-4-14(6-5-12(2)3)16-11-13-7-9-15-10-8-13/h4-10H,1,11H2,2-3H3/b14-6+. The fraction of sp³-hybridized carbons (Fsp3) is 0.214. The van der Waals surface area contributed by atoms with E-state index in [0.717, 1.165) is 11.3 Å². The minimum absolute atomic E-state index is 0.539. The predicted molar refractivity (Wildman–Crippen MR) is 66.7 cm³/mol. The van der Waals surface area contributed by atoms with Crippen LogP contribution in [0.2, 0.25) is 0 Å². The number of ether oxygens (including phenoxy) is 1. The molecule has 16 heavy (non-hydrogen) atoms. The van der Waals surface area contributed by atoms with Gasteiger partial charge in [-0.15, -0.1) is 0 Å². The van der Waals surface area contributed by atoms with Gasteiger partial charge in [-0.05, 0) is 43.7 Å². The van der Waals surface area contributed by atoms with Gasteiger partial charge in [-0.2, -0.15) is 0 Å². The van der Waals surface area contributed by atoms with E-state index in [1.165, 1.54) is 5.57 Å². The number of nitrogens with zero attached hydrogens (tertiary/aromatic N) is 1. The van der Waals surface area contributed by atoms with Crippen molar-refractivity contribution in [1.82, 2.24) is 4.98 Å². The minimum Gasteiger partial charge on any atom is -0.489 e. The van der Waals surface area contributed by atoms with Crippen LogP contribution in [0.25, 0.3) is 0 Å². The van der Waals surface area contributed by atoms with Gasteiger partial charge in [-0.25, -0.2) is 0 Å². The van der Waals surface area contributed by atoms with Crippen molar-refractivity contribution in [3.05, 3.63) is 66.2 Å². The fourth-order valence-corrected chi connectivity index (χ4v) is 1.07. The first-order valence-corrected chi connectivity index (χ1v) is 5.21. The van der Waals surface area contributed by atoms with Crippen LogP contribution >= 0.6 is 0 Å². The van der Waals surface area contributed by atoms with E-state index >= 15 is 0 Å². The second-order valence-corrected chi connectivity index (χ2v) is 3.66. The van der Waals surface area contributed by atoms with E-state index < -0.39 is 0 Å². The monoisotopic (exact) mass is 215 g/mol. The third-order valence-electron chi connectivity index (χ3n) is 1.94. The summed E-state index contributed by atoms with van der Waals surface area (Å²) < 4.78 is 5.60. The molecule has 0 saturated carbocycles. The molecule has 2 nitrogen and oxygen atoms in total. The van der Waals surface area contributed by atoms with Gasteiger partial charge in [0.1, 0.15) is 12.4 Å². The maximum Gasteiger partial charge on any atom is 0.119 e. The van der Waals surface area contributed by atoms with Crippen LogP contribution in [0.5, 0.6) is 0 Å². The first-order chi connectivity index (χ1) is 7.72. The Morgan fingerprint density at radius 1 is 1.31 bits per heavy atom. The van der Waals surface area contributed by atoms with Gasteiger partial charge in [0, 0.05) is 12.4 Å². The Labute approximate surface area is 97.0 Å². The van der Waals surface area contributed by atoms with Gasteiger partial charge in [0.05, 0.1) is 0 Å². The van der Waals surface area contributed by atoms with Crippen molar-refractivity contribution in [2.24, 2.45) is 0 Å². The molecule has 1 heterocycles. The molecule has 0 fully saturated rings. The number of hydrogen-bond acceptors (Lipinski definition) is 2. The first kappa shape index (κ1) is 12.2. The Morgan fingerprint density at radius 2 is 2.00 bits per heavy atom. The highest BCUT2D eigenvalue weighted by atomic mass is 16.5. The van der Waals surface area contributed by atoms with E-state index in [0.29, 0.717) is 6.61 Å². The van der Waals surface area contributed by atoms with Crippen LogP contribution in [0.3, 0.4) is 0 Å². The van der Waals surface area contributed by atoms with E-state index in [9.17, 15) is 0 Å². The highest BCUT2D eigenvalue weighted by Gasteiger charge is 1.94. The van der Waals surface area contributed by atoms with Crippen molar-refractivity contribution >= 4 is 0 Å². The Kier molecular flexibility index (Phi) is 5.06. The van der Waals surface area contributed by atoms with Gasteiger partial charge in [0.15, 0.2) is 0 Å². The Hall–Kier alpha value is -1.83. The molecule has 0 saturated heterocycles. The lowest BCUT2D eigenvalue weighted by Crippen LogP contribution is -1.91. The zero-order chi connectivity index (χ0) is 11.8. The van der Waals surface area contributed by atoms with Crippen LogP contribution in [0, 0.1) is 0 Å². The third-order valence-corrected chi connectivity index (χ3v) is 1.94. The average Bonchev–Trinajstić information content (AvgIpc) is 2.30. The smallest absolute Gasteiger partial charge is 0.119 e. The fourth-order valence-electron chi connectivity index (χ4n) is 1.07. The molecular formula is C14H17NO. The molecule has 1 rings (SSSR count). The van der Waals surface area contributed by atoms with Crippen LogP contribution in [-0.2, 0) is 11.3 Å². The Morgan fingerprint density at radius 3 is 2.56 bits per heavy atom. The van der Waals surface area contributed by atoms with Gasteiger partial charge in [-0.3, -0.25) is 4.98 Å². The van der Waals surface area contributed by atoms with E-state index in [1.807, 2.05) is 38.1 Å². The number of allylic oxidation sites excluding steroid dienone is 4. The van der Waals surface area contributed by atoms with Gasteiger partial charge in [0.25, 0.3) is 0 Å². The van der Waals surface area contributed by atoms with Gasteiger partial charge in [0.2, 0.25) is 0 Å². The van der Waals surface area contributed by atoms with Crippen LogP contribution in [-0.4, -0.2) is 4.98 Å². The van der Waals surface area contributed by atoms with Crippen molar-refractivity contribution in [2.45, 2.75) is 20.5 Å². The summed E-state index contributed by atoms with van der Waals surface area (Å²) in [6.45, 7) is 8.34. The summed E-state index contributed by atoms with van der Waals surface area (Å²) in [7, 11) is 0. The zero-order valence-corrected chi connectivity index (χ0v) is 9.81. The van der Waals surface area contributed by atoms with Gasteiger partial charge in [-0.1, -0.05) is 18.2 Å². The SMILES string of the molecule is C=C/C(=C\C=C(C)C)OCc1ccncc1. The lowest BCUT2D eigenvalue weighted by molar-refractivity contribution is 0.211. The van der Waals surface area contributed by atoms with E-state index in [4.69, 9.17) is 4.74 Å². The second kappa shape index (κ2) is 6.62. The summed E-state index contributed by atoms with van der Waals surface area (Å²) in [5, 5.41) is 0. The van der Waals surface area contributed by atoms with Crippen LogP contribution < -0.4 is 0 Å². The molecule has 84 valence electrons. The lowest BCUT2D eigenvalue weighted by atomic mass is 10.3. The lowest BCUT2D eigenvalue weighted by Gasteiger charge is -2.05. The molecule has 0 unspecified atom stereocenters. The predicted octanol–water partition coefficient (Wildman–Crippen LogP) is 3.63. The second-order valence-electron chi connectivity index (χ2n) is 3.66. The number of aromatic nitrogens is 1. The summed E-state index contributed by atoms with van der Waals surface area (Å²) in [6.07, 6.45) is 9.14. The van der Waals surface area contributed by atoms with Crippen LogP contribution in [0.15, 0.2) is 60.7 Å². The van der Waals surface area contributed by atoms with Crippen molar-refractivity contribution in [3.63, 3.8) is 0 Å². The quantitative estimate of drug-likeness (QED) is 0.552. The molecule has 1 aromatic rings. The third kappa shape index (κ3) is 4.60. The molecule has 0 amide bonds. The van der Waals surface area contributed by atoms with E-state index in [2.05, 4.69) is 11.6 Å². The maximum atomic E-state index is 5.60. The summed E-state index contributed by atoms with van der Waals surface area (Å²) in [4.78, 5) is 3.95. The number of hydrogen-bond donors (Lipinski definition) is 0. The van der Waals surface area contributed by atoms with Gasteiger partial charge < -0.3 is 4.74 Å². The number of rotatable bonds is 5. The number of pyridine rings is 1. The van der Waals surface area contributed by atoms with E-state index in [1.54, 1.807) is 18.5 Å². The molecule has 2 heteroatoms. The maximum absolute atomic E-state index is 5.60. The molecule has 0 N–H and O–H groups in total. The highest BCUT2D eigenvalue weighted by molar-refractivity contribution is 5.19. The summed E-state index contributed by atoms with van der Waals surface area (Å²) in [5.41, 5.74) is 2.33. The zero-order valence-electron chi connectivity index (χ0n) is 9.81. The molecule has 0 spiro atoms. The van der Waals surface area contributed by atoms with Crippen molar-refractivity contribution < 1.29 is 4.74 Å². The summed E-state index contributed by atoms with van der Waals surface area (Å²) in [6, 6.07) is 3.86. The molecule has 0 atom stereocenters. The topological polar surface area (TPSA) is 22.1 Å². The molecular weight excluding hydrogens is 198 g/mol. The molecule has 0 radical (unpaired) electrons. The largest absolute Gasteiger partial charge is 0.489 e. The first-order valence-electron chi connectivity index (χ1n) is 5.21. The van der Waals surface area contributed by atoms with Crippen molar-refractivity contribution in [1.29, 1.82) is 0 Å². The summed E-state index contributed by atoms with van der Waals surface area (Å²) >= 11 is 0. The highest BCUT2D eigenvalue weighted by Crippen LogP contribution is 2.06. The average molecular weight is 215 g/mol. The van der Waals surface area contributed by atoms with Crippen molar-refractivity contribution in [3.8, 4) is 0 Å². The van der Waals surface area contributed by atoms with Gasteiger partial charge >= 0.3 is 0 Å². The minimum atomic E-state index is 0.539. The molecule has 0 aliphatic rings. The summed E-state index contributed by atoms with van der Waals surface area (Å²) in [5.74, 6) is 0.776.